The van der Waals surface area contributed by atoms with Crippen molar-refractivity contribution in [3.05, 3.63) is 89.2 Å². The molecule has 0 aliphatic heterocycles. The van der Waals surface area contributed by atoms with Crippen LogP contribution in [-0.2, 0) is 11.2 Å². The van der Waals surface area contributed by atoms with Crippen LogP contribution >= 0.6 is 0 Å². The zero-order valence-electron chi connectivity index (χ0n) is 23.8. The molecule has 0 heterocycles. The van der Waals surface area contributed by atoms with Gasteiger partial charge in [0.25, 0.3) is 0 Å². The first-order valence-electron chi connectivity index (χ1n) is 15.1. The van der Waals surface area contributed by atoms with Crippen molar-refractivity contribution < 1.29 is 13.9 Å². The highest BCUT2D eigenvalue weighted by Crippen LogP contribution is 2.38. The number of nitrogens with zero attached hydrogens (tertiary/aromatic N) is 1. The number of unbranched alkanes of at least 4 members (excludes halogenated alkanes) is 4. The monoisotopic (exact) mass is 539 g/mol. The smallest absolute Gasteiger partial charge is 0.311 e. The van der Waals surface area contributed by atoms with Gasteiger partial charge >= 0.3 is 5.97 Å². The van der Waals surface area contributed by atoms with Crippen LogP contribution in [0.1, 0.15) is 107 Å². The highest BCUT2D eigenvalue weighted by atomic mass is 19.1. The lowest BCUT2D eigenvalue weighted by Gasteiger charge is -2.29. The van der Waals surface area contributed by atoms with Crippen molar-refractivity contribution in [2.24, 2.45) is 5.92 Å². The van der Waals surface area contributed by atoms with Gasteiger partial charge in [0, 0.05) is 18.1 Å². The predicted molar refractivity (Wildman–Crippen MR) is 160 cm³/mol. The lowest BCUT2D eigenvalue weighted by molar-refractivity contribution is -0.134. The lowest BCUT2D eigenvalue weighted by atomic mass is 9.77. The molecule has 40 heavy (non-hydrogen) atoms. The number of halogens is 1. The summed E-state index contributed by atoms with van der Waals surface area (Å²) in [6.07, 6.45) is 15.0. The molecule has 0 unspecified atom stereocenters. The summed E-state index contributed by atoms with van der Waals surface area (Å²) in [5, 5.41) is 8.92. The SMILES string of the molecule is CCCCCC1CCC(c2ccc(CCCCCC(=O)Oc3ccc(-c4ccc(C#N)cc4)c(F)c3)cc2)CC1. The molecular formula is C36H42FNO2. The van der Waals surface area contributed by atoms with Gasteiger partial charge in [-0.1, -0.05) is 75.4 Å². The third kappa shape index (κ3) is 8.78. The van der Waals surface area contributed by atoms with E-state index in [1.165, 1.54) is 68.6 Å². The summed E-state index contributed by atoms with van der Waals surface area (Å²) in [6, 6.07) is 22.5. The van der Waals surface area contributed by atoms with Gasteiger partial charge in [-0.3, -0.25) is 4.79 Å². The van der Waals surface area contributed by atoms with E-state index in [9.17, 15) is 9.18 Å². The number of esters is 1. The Balaban J connectivity index is 1.13. The summed E-state index contributed by atoms with van der Waals surface area (Å²) in [5.74, 6) is 1.08. The van der Waals surface area contributed by atoms with Crippen LogP contribution in [0.25, 0.3) is 11.1 Å². The second-order valence-corrected chi connectivity index (χ2v) is 11.3. The molecule has 1 saturated carbocycles. The van der Waals surface area contributed by atoms with Crippen LogP contribution in [0.2, 0.25) is 0 Å². The van der Waals surface area contributed by atoms with E-state index in [4.69, 9.17) is 10.00 Å². The van der Waals surface area contributed by atoms with Crippen molar-refractivity contribution >= 4 is 5.97 Å². The summed E-state index contributed by atoms with van der Waals surface area (Å²) in [6.45, 7) is 2.28. The fraction of sp³-hybridized carbons (Fsp3) is 0.444. The minimum Gasteiger partial charge on any atom is -0.426 e. The predicted octanol–water partition coefficient (Wildman–Crippen LogP) is 9.93. The van der Waals surface area contributed by atoms with Gasteiger partial charge < -0.3 is 4.74 Å². The standard InChI is InChI=1S/C36H42FNO2/c1-2-3-5-8-27-11-17-30(18-12-27)31-19-13-28(14-20-31)9-6-4-7-10-36(39)40-33-23-24-34(35(37)25-33)32-21-15-29(26-38)16-22-32/h13-16,19-25,27,30H,2-12,17-18H2,1H3. The Morgan fingerprint density at radius 3 is 2.33 bits per heavy atom. The molecule has 1 fully saturated rings. The highest BCUT2D eigenvalue weighted by molar-refractivity contribution is 5.73. The van der Waals surface area contributed by atoms with Crippen molar-refractivity contribution in [2.45, 2.75) is 96.3 Å². The Labute approximate surface area is 239 Å². The van der Waals surface area contributed by atoms with Gasteiger partial charge in [0.05, 0.1) is 11.6 Å². The fourth-order valence-corrected chi connectivity index (χ4v) is 5.90. The molecule has 0 aromatic heterocycles. The van der Waals surface area contributed by atoms with E-state index >= 15 is 0 Å². The molecule has 210 valence electrons. The summed E-state index contributed by atoms with van der Waals surface area (Å²) < 4.78 is 20.0. The quantitative estimate of drug-likeness (QED) is 0.123. The fourth-order valence-electron chi connectivity index (χ4n) is 5.90. The van der Waals surface area contributed by atoms with Crippen molar-refractivity contribution in [2.75, 3.05) is 0 Å². The molecule has 0 radical (unpaired) electrons. The Morgan fingerprint density at radius 1 is 0.900 bits per heavy atom. The van der Waals surface area contributed by atoms with Crippen molar-refractivity contribution in [3.63, 3.8) is 0 Å². The van der Waals surface area contributed by atoms with Gasteiger partial charge in [-0.15, -0.1) is 0 Å². The lowest BCUT2D eigenvalue weighted by Crippen LogP contribution is -2.13. The molecule has 0 atom stereocenters. The molecule has 1 aliphatic rings. The molecule has 3 aromatic carbocycles. The minimum atomic E-state index is -0.462. The van der Waals surface area contributed by atoms with Crippen LogP contribution < -0.4 is 4.74 Å². The number of aryl methyl sites for hydroxylation is 1. The summed E-state index contributed by atoms with van der Waals surface area (Å²) in [7, 11) is 0. The normalized spacial score (nSPS) is 16.8. The maximum atomic E-state index is 14.6. The molecule has 0 saturated heterocycles. The van der Waals surface area contributed by atoms with Crippen LogP contribution in [0.15, 0.2) is 66.7 Å². The first-order chi connectivity index (χ1) is 19.6. The average molecular weight is 540 g/mol. The minimum absolute atomic E-state index is 0.213. The van der Waals surface area contributed by atoms with Gasteiger partial charge in [0.2, 0.25) is 0 Å². The maximum Gasteiger partial charge on any atom is 0.311 e. The zero-order valence-corrected chi connectivity index (χ0v) is 23.8. The first-order valence-corrected chi connectivity index (χ1v) is 15.1. The molecule has 0 amide bonds. The van der Waals surface area contributed by atoms with Gasteiger partial charge in [-0.05, 0) is 97.7 Å². The van der Waals surface area contributed by atoms with E-state index in [-0.39, 0.29) is 11.7 Å². The number of hydrogen-bond acceptors (Lipinski definition) is 3. The number of benzene rings is 3. The van der Waals surface area contributed by atoms with E-state index < -0.39 is 5.82 Å². The molecule has 4 rings (SSSR count). The van der Waals surface area contributed by atoms with Crippen molar-refractivity contribution in [1.29, 1.82) is 5.26 Å². The first kappa shape index (κ1) is 29.5. The van der Waals surface area contributed by atoms with E-state index in [1.807, 2.05) is 0 Å². The van der Waals surface area contributed by atoms with Gasteiger partial charge in [-0.2, -0.15) is 5.26 Å². The molecule has 0 bridgehead atoms. The number of hydrogen-bond donors (Lipinski definition) is 0. The third-order valence-electron chi connectivity index (χ3n) is 8.36. The van der Waals surface area contributed by atoms with Crippen LogP contribution in [-0.4, -0.2) is 5.97 Å². The van der Waals surface area contributed by atoms with Crippen LogP contribution in [0.5, 0.6) is 5.75 Å². The van der Waals surface area contributed by atoms with Crippen molar-refractivity contribution in [1.82, 2.24) is 0 Å². The van der Waals surface area contributed by atoms with E-state index in [0.29, 0.717) is 23.1 Å². The Morgan fingerprint density at radius 2 is 1.65 bits per heavy atom. The summed E-state index contributed by atoms with van der Waals surface area (Å²) in [4.78, 5) is 12.3. The Bertz CT molecular complexity index is 1250. The molecule has 3 aromatic rings. The van der Waals surface area contributed by atoms with Crippen LogP contribution in [0, 0.1) is 23.1 Å². The second kappa shape index (κ2) is 15.4. The maximum absolute atomic E-state index is 14.6. The summed E-state index contributed by atoms with van der Waals surface area (Å²) >= 11 is 0. The molecular weight excluding hydrogens is 497 g/mol. The second-order valence-electron chi connectivity index (χ2n) is 11.3. The van der Waals surface area contributed by atoms with E-state index in [0.717, 1.165) is 37.5 Å². The molecule has 3 nitrogen and oxygen atoms in total. The topological polar surface area (TPSA) is 50.1 Å². The highest BCUT2D eigenvalue weighted by Gasteiger charge is 2.22. The average Bonchev–Trinajstić information content (AvgIpc) is 2.98. The van der Waals surface area contributed by atoms with E-state index in [1.54, 1.807) is 36.4 Å². The Kier molecular flexibility index (Phi) is 11.3. The third-order valence-corrected chi connectivity index (χ3v) is 8.36. The number of rotatable bonds is 13. The number of nitriles is 1. The number of carbonyl (C=O) groups is 1. The molecule has 4 heteroatoms. The zero-order chi connectivity index (χ0) is 28.2. The van der Waals surface area contributed by atoms with Gasteiger partial charge in [0.15, 0.2) is 0 Å². The summed E-state index contributed by atoms with van der Waals surface area (Å²) in [5.41, 5.74) is 4.46. The Hall–Kier alpha value is -3.45. The molecule has 1 aliphatic carbocycles. The largest absolute Gasteiger partial charge is 0.426 e. The van der Waals surface area contributed by atoms with Crippen LogP contribution in [0.4, 0.5) is 4.39 Å². The molecule has 0 N–H and O–H groups in total. The van der Waals surface area contributed by atoms with Crippen LogP contribution in [0.3, 0.4) is 0 Å². The van der Waals surface area contributed by atoms with Crippen molar-refractivity contribution in [3.8, 4) is 22.9 Å². The van der Waals surface area contributed by atoms with Gasteiger partial charge in [-0.25, -0.2) is 4.39 Å². The molecule has 0 spiro atoms. The van der Waals surface area contributed by atoms with Gasteiger partial charge in [0.1, 0.15) is 11.6 Å². The number of carbonyl (C=O) groups excluding carboxylic acids is 1. The van der Waals surface area contributed by atoms with E-state index in [2.05, 4.69) is 37.3 Å². The number of ether oxygens (including phenoxy) is 1.